The second kappa shape index (κ2) is 2.25. The summed E-state index contributed by atoms with van der Waals surface area (Å²) < 4.78 is 5.63. The minimum absolute atomic E-state index is 0.213. The first kappa shape index (κ1) is 8.55. The van der Waals surface area contributed by atoms with Crippen LogP contribution >= 0.6 is 0 Å². The first-order valence-corrected chi connectivity index (χ1v) is 5.10. The molecule has 0 aromatic carbocycles. The maximum absolute atomic E-state index is 5.63. The SMILES string of the molecule is CO[C@]1(C)CC[C@]2(C(C)C)C[C@H]21. The molecule has 1 nitrogen and oxygen atoms in total. The molecule has 3 atom stereocenters. The van der Waals surface area contributed by atoms with Crippen LogP contribution in [-0.2, 0) is 4.74 Å². The highest BCUT2D eigenvalue weighted by Crippen LogP contribution is 2.71. The Balaban J connectivity index is 2.15. The predicted molar refractivity (Wildman–Crippen MR) is 50.0 cm³/mol. The molecule has 0 unspecified atom stereocenters. The van der Waals surface area contributed by atoms with Gasteiger partial charge in [-0.3, -0.25) is 0 Å². The second-order valence-electron chi connectivity index (χ2n) is 5.16. The monoisotopic (exact) mass is 168 g/mol. The number of hydrogen-bond acceptors (Lipinski definition) is 1. The summed E-state index contributed by atoms with van der Waals surface area (Å²) in [6.45, 7) is 7.01. The average Bonchev–Trinajstić information content (AvgIpc) is 2.72. The summed E-state index contributed by atoms with van der Waals surface area (Å²) in [6.07, 6.45) is 4.07. The van der Waals surface area contributed by atoms with Crippen molar-refractivity contribution in [1.29, 1.82) is 0 Å². The van der Waals surface area contributed by atoms with Crippen LogP contribution in [0, 0.1) is 17.3 Å². The Morgan fingerprint density at radius 3 is 2.25 bits per heavy atom. The molecule has 0 saturated heterocycles. The van der Waals surface area contributed by atoms with Crippen LogP contribution < -0.4 is 0 Å². The van der Waals surface area contributed by atoms with Crippen molar-refractivity contribution in [2.75, 3.05) is 7.11 Å². The average molecular weight is 168 g/mol. The van der Waals surface area contributed by atoms with Crippen molar-refractivity contribution in [1.82, 2.24) is 0 Å². The Morgan fingerprint density at radius 2 is 2.00 bits per heavy atom. The van der Waals surface area contributed by atoms with Gasteiger partial charge in [-0.15, -0.1) is 0 Å². The Morgan fingerprint density at radius 1 is 1.33 bits per heavy atom. The predicted octanol–water partition coefficient (Wildman–Crippen LogP) is 2.85. The number of hydrogen-bond donors (Lipinski definition) is 0. The summed E-state index contributed by atoms with van der Waals surface area (Å²) in [6, 6.07) is 0. The Bertz CT molecular complexity index is 199. The Kier molecular flexibility index (Phi) is 1.61. The fourth-order valence-corrected chi connectivity index (χ4v) is 3.25. The third-order valence-corrected chi connectivity index (χ3v) is 4.56. The molecule has 0 spiro atoms. The zero-order valence-electron chi connectivity index (χ0n) is 8.68. The van der Waals surface area contributed by atoms with Crippen LogP contribution in [0.15, 0.2) is 0 Å². The molecule has 2 rings (SSSR count). The topological polar surface area (TPSA) is 9.23 Å². The van der Waals surface area contributed by atoms with Crippen molar-refractivity contribution in [3.8, 4) is 0 Å². The largest absolute Gasteiger partial charge is 0.378 e. The van der Waals surface area contributed by atoms with Crippen LogP contribution in [0.3, 0.4) is 0 Å². The standard InChI is InChI=1S/C11H20O/c1-8(2)11-6-5-10(3,12-4)9(11)7-11/h8-9H,5-7H2,1-4H3/t9-,10+,11+/m0/s1. The van der Waals surface area contributed by atoms with Crippen LogP contribution in [0.2, 0.25) is 0 Å². The van der Waals surface area contributed by atoms with Gasteiger partial charge in [0, 0.05) is 7.11 Å². The number of rotatable bonds is 2. The molecule has 2 aliphatic carbocycles. The maximum atomic E-state index is 5.63. The Labute approximate surface area is 75.5 Å². The summed E-state index contributed by atoms with van der Waals surface area (Å²) in [5.41, 5.74) is 0.884. The fourth-order valence-electron chi connectivity index (χ4n) is 3.25. The summed E-state index contributed by atoms with van der Waals surface area (Å²) in [5, 5.41) is 0. The quantitative estimate of drug-likeness (QED) is 0.616. The van der Waals surface area contributed by atoms with Gasteiger partial charge in [-0.25, -0.2) is 0 Å². The smallest absolute Gasteiger partial charge is 0.0684 e. The van der Waals surface area contributed by atoms with Crippen LogP contribution in [0.1, 0.15) is 40.0 Å². The van der Waals surface area contributed by atoms with E-state index in [1.54, 1.807) is 0 Å². The van der Waals surface area contributed by atoms with E-state index in [0.29, 0.717) is 5.41 Å². The summed E-state index contributed by atoms with van der Waals surface area (Å²) in [7, 11) is 1.87. The minimum Gasteiger partial charge on any atom is -0.378 e. The van der Waals surface area contributed by atoms with Crippen molar-refractivity contribution in [2.45, 2.75) is 45.6 Å². The van der Waals surface area contributed by atoms with E-state index in [2.05, 4.69) is 20.8 Å². The molecule has 2 saturated carbocycles. The second-order valence-corrected chi connectivity index (χ2v) is 5.16. The van der Waals surface area contributed by atoms with Crippen molar-refractivity contribution >= 4 is 0 Å². The van der Waals surface area contributed by atoms with Crippen molar-refractivity contribution in [3.05, 3.63) is 0 Å². The van der Waals surface area contributed by atoms with Gasteiger partial charge in [-0.1, -0.05) is 13.8 Å². The van der Waals surface area contributed by atoms with Gasteiger partial charge in [0.05, 0.1) is 5.60 Å². The van der Waals surface area contributed by atoms with Crippen molar-refractivity contribution < 1.29 is 4.74 Å². The summed E-state index contributed by atoms with van der Waals surface area (Å²) in [5.74, 6) is 1.70. The molecule has 0 radical (unpaired) electrons. The lowest BCUT2D eigenvalue weighted by molar-refractivity contribution is -0.00818. The van der Waals surface area contributed by atoms with Gasteiger partial charge in [0.15, 0.2) is 0 Å². The molecule has 0 bridgehead atoms. The van der Waals surface area contributed by atoms with Gasteiger partial charge in [-0.2, -0.15) is 0 Å². The highest BCUT2D eigenvalue weighted by molar-refractivity contribution is 5.17. The molecule has 12 heavy (non-hydrogen) atoms. The van der Waals surface area contributed by atoms with E-state index in [4.69, 9.17) is 4.74 Å². The van der Waals surface area contributed by atoms with Crippen LogP contribution in [-0.4, -0.2) is 12.7 Å². The van der Waals surface area contributed by atoms with E-state index in [1.807, 2.05) is 7.11 Å². The van der Waals surface area contributed by atoms with Crippen LogP contribution in [0.4, 0.5) is 0 Å². The molecule has 0 amide bonds. The van der Waals surface area contributed by atoms with E-state index in [9.17, 15) is 0 Å². The molecular weight excluding hydrogens is 148 g/mol. The number of methoxy groups -OCH3 is 1. The Hall–Kier alpha value is -0.0400. The van der Waals surface area contributed by atoms with E-state index >= 15 is 0 Å². The fraction of sp³-hybridized carbons (Fsp3) is 1.00. The van der Waals surface area contributed by atoms with E-state index < -0.39 is 0 Å². The van der Waals surface area contributed by atoms with Gasteiger partial charge >= 0.3 is 0 Å². The number of ether oxygens (including phenoxy) is 1. The van der Waals surface area contributed by atoms with Crippen LogP contribution in [0.5, 0.6) is 0 Å². The van der Waals surface area contributed by atoms with Gasteiger partial charge in [0.2, 0.25) is 0 Å². The summed E-state index contributed by atoms with van der Waals surface area (Å²) in [4.78, 5) is 0. The molecule has 0 heterocycles. The first-order valence-electron chi connectivity index (χ1n) is 5.10. The van der Waals surface area contributed by atoms with Crippen LogP contribution in [0.25, 0.3) is 0 Å². The van der Waals surface area contributed by atoms with E-state index in [0.717, 1.165) is 11.8 Å². The first-order chi connectivity index (χ1) is 5.55. The molecule has 1 heteroatoms. The molecule has 2 aliphatic rings. The molecule has 0 N–H and O–H groups in total. The van der Waals surface area contributed by atoms with Crippen molar-refractivity contribution in [3.63, 3.8) is 0 Å². The van der Waals surface area contributed by atoms with Gasteiger partial charge in [0.1, 0.15) is 0 Å². The molecular formula is C11H20O. The van der Waals surface area contributed by atoms with Gasteiger partial charge in [0.25, 0.3) is 0 Å². The highest BCUT2D eigenvalue weighted by Gasteiger charge is 2.67. The third-order valence-electron chi connectivity index (χ3n) is 4.56. The lowest BCUT2D eigenvalue weighted by atomic mass is 9.90. The lowest BCUT2D eigenvalue weighted by Crippen LogP contribution is -2.27. The third kappa shape index (κ3) is 0.834. The zero-order chi connectivity index (χ0) is 8.98. The normalized spacial score (nSPS) is 51.2. The molecule has 0 aliphatic heterocycles. The van der Waals surface area contributed by atoms with Gasteiger partial charge in [-0.05, 0) is 43.4 Å². The highest BCUT2D eigenvalue weighted by atomic mass is 16.5. The molecule has 0 aromatic rings. The van der Waals surface area contributed by atoms with E-state index in [-0.39, 0.29) is 5.60 Å². The maximum Gasteiger partial charge on any atom is 0.0684 e. The molecule has 2 fully saturated rings. The van der Waals surface area contributed by atoms with Gasteiger partial charge < -0.3 is 4.74 Å². The lowest BCUT2D eigenvalue weighted by Gasteiger charge is -2.23. The zero-order valence-corrected chi connectivity index (χ0v) is 8.68. The van der Waals surface area contributed by atoms with E-state index in [1.165, 1.54) is 19.3 Å². The molecule has 0 aromatic heterocycles. The minimum atomic E-state index is 0.213. The summed E-state index contributed by atoms with van der Waals surface area (Å²) >= 11 is 0. The van der Waals surface area contributed by atoms with Crippen molar-refractivity contribution in [2.24, 2.45) is 17.3 Å². The molecule has 70 valence electrons. The number of fused-ring (bicyclic) bond motifs is 1.